The zero-order valence-electron chi connectivity index (χ0n) is 7.95. The molecule has 14 heavy (non-hydrogen) atoms. The first-order valence-corrected chi connectivity index (χ1v) is 5.14. The molecular formula is C12H12O2. The van der Waals surface area contributed by atoms with Gasteiger partial charge in [0, 0.05) is 17.9 Å². The molecule has 0 saturated heterocycles. The van der Waals surface area contributed by atoms with E-state index < -0.39 is 0 Å². The van der Waals surface area contributed by atoms with E-state index in [0.717, 1.165) is 37.2 Å². The maximum Gasteiger partial charge on any atom is 0.165 e. The first-order chi connectivity index (χ1) is 6.84. The van der Waals surface area contributed by atoms with Gasteiger partial charge in [-0.1, -0.05) is 0 Å². The average molecular weight is 188 g/mol. The van der Waals surface area contributed by atoms with Gasteiger partial charge in [-0.15, -0.1) is 0 Å². The van der Waals surface area contributed by atoms with Gasteiger partial charge < -0.3 is 4.74 Å². The summed E-state index contributed by atoms with van der Waals surface area (Å²) < 4.78 is 5.40. The lowest BCUT2D eigenvalue weighted by molar-refractivity contribution is 0.0967. The molecule has 1 aromatic rings. The number of hydrogen-bond donors (Lipinski definition) is 0. The second-order valence-electron chi connectivity index (χ2n) is 4.06. The molecule has 0 N–H and O–H groups in total. The molecule has 0 atom stereocenters. The second-order valence-corrected chi connectivity index (χ2v) is 4.06. The number of ether oxygens (including phenoxy) is 1. The highest BCUT2D eigenvalue weighted by Crippen LogP contribution is 2.34. The first-order valence-electron chi connectivity index (χ1n) is 5.14. The topological polar surface area (TPSA) is 26.3 Å². The van der Waals surface area contributed by atoms with E-state index in [4.69, 9.17) is 4.74 Å². The second kappa shape index (κ2) is 2.84. The van der Waals surface area contributed by atoms with Gasteiger partial charge in [0.25, 0.3) is 0 Å². The maximum absolute atomic E-state index is 11.8. The molecule has 0 aromatic heterocycles. The van der Waals surface area contributed by atoms with Crippen molar-refractivity contribution in [1.29, 1.82) is 0 Å². The van der Waals surface area contributed by atoms with E-state index in [-0.39, 0.29) is 0 Å². The first kappa shape index (κ1) is 8.04. The third-order valence-corrected chi connectivity index (χ3v) is 2.92. The number of hydrogen-bond acceptors (Lipinski definition) is 2. The average Bonchev–Trinajstić information content (AvgIpc) is 2.95. The molecule has 1 fully saturated rings. The molecule has 1 aliphatic heterocycles. The minimum absolute atomic E-state index is 0.315. The van der Waals surface area contributed by atoms with Gasteiger partial charge in [-0.3, -0.25) is 4.79 Å². The van der Waals surface area contributed by atoms with E-state index in [0.29, 0.717) is 11.7 Å². The van der Waals surface area contributed by atoms with Gasteiger partial charge in [-0.2, -0.15) is 0 Å². The van der Waals surface area contributed by atoms with E-state index in [1.54, 1.807) is 0 Å². The molecular weight excluding hydrogens is 176 g/mol. The van der Waals surface area contributed by atoms with Crippen LogP contribution in [0.25, 0.3) is 0 Å². The van der Waals surface area contributed by atoms with Crippen molar-refractivity contribution in [1.82, 2.24) is 0 Å². The Morgan fingerprint density at radius 3 is 3.00 bits per heavy atom. The summed E-state index contributed by atoms with van der Waals surface area (Å²) in [5, 5.41) is 0. The van der Waals surface area contributed by atoms with Crippen molar-refractivity contribution in [2.24, 2.45) is 5.92 Å². The van der Waals surface area contributed by atoms with Gasteiger partial charge in [0.15, 0.2) is 5.78 Å². The Kier molecular flexibility index (Phi) is 1.63. The van der Waals surface area contributed by atoms with Crippen molar-refractivity contribution >= 4 is 5.78 Å². The number of ketones is 1. The summed E-state index contributed by atoms with van der Waals surface area (Å²) in [6.07, 6.45) is 3.10. The summed E-state index contributed by atoms with van der Waals surface area (Å²) in [5.41, 5.74) is 2.06. The standard InChI is InChI=1S/C12H12O2/c13-12(8-1-2-8)10-3-4-11-9(7-10)5-6-14-11/h3-4,7-8H,1-2,5-6H2. The number of rotatable bonds is 2. The summed E-state index contributed by atoms with van der Waals surface area (Å²) in [6, 6.07) is 5.83. The maximum atomic E-state index is 11.8. The quantitative estimate of drug-likeness (QED) is 0.665. The van der Waals surface area contributed by atoms with Crippen molar-refractivity contribution in [3.05, 3.63) is 29.3 Å². The van der Waals surface area contributed by atoms with E-state index in [2.05, 4.69) is 0 Å². The van der Waals surface area contributed by atoms with Gasteiger partial charge in [0.05, 0.1) is 6.61 Å². The van der Waals surface area contributed by atoms with Gasteiger partial charge in [0.2, 0.25) is 0 Å². The third-order valence-electron chi connectivity index (χ3n) is 2.92. The van der Waals surface area contributed by atoms with Crippen molar-refractivity contribution in [3.63, 3.8) is 0 Å². The molecule has 1 aliphatic carbocycles. The van der Waals surface area contributed by atoms with Gasteiger partial charge in [0.1, 0.15) is 5.75 Å². The Bertz CT molecular complexity index is 391. The van der Waals surface area contributed by atoms with E-state index >= 15 is 0 Å². The monoisotopic (exact) mass is 188 g/mol. The van der Waals surface area contributed by atoms with Crippen LogP contribution in [0.2, 0.25) is 0 Å². The van der Waals surface area contributed by atoms with Gasteiger partial charge in [-0.05, 0) is 36.6 Å². The minimum atomic E-state index is 0.315. The van der Waals surface area contributed by atoms with Crippen LogP contribution in [0.1, 0.15) is 28.8 Å². The third kappa shape index (κ3) is 1.22. The molecule has 0 unspecified atom stereocenters. The molecule has 2 heteroatoms. The summed E-state index contributed by atoms with van der Waals surface area (Å²) in [5.74, 6) is 1.59. The number of Topliss-reactive ketones (excluding diaryl/α,β-unsaturated/α-hetero) is 1. The van der Waals surface area contributed by atoms with Crippen molar-refractivity contribution in [2.45, 2.75) is 19.3 Å². The van der Waals surface area contributed by atoms with E-state index in [9.17, 15) is 4.79 Å². The van der Waals surface area contributed by atoms with Gasteiger partial charge in [-0.25, -0.2) is 0 Å². The highest BCUT2D eigenvalue weighted by Gasteiger charge is 2.30. The molecule has 1 heterocycles. The lowest BCUT2D eigenvalue weighted by atomic mass is 10.0. The number of carbonyl (C=O) groups is 1. The van der Waals surface area contributed by atoms with Gasteiger partial charge >= 0.3 is 0 Å². The van der Waals surface area contributed by atoms with E-state index in [1.165, 1.54) is 5.56 Å². The Balaban J connectivity index is 1.95. The summed E-state index contributed by atoms with van der Waals surface area (Å²) in [6.45, 7) is 0.760. The zero-order valence-corrected chi connectivity index (χ0v) is 7.95. The predicted molar refractivity (Wildman–Crippen MR) is 52.7 cm³/mol. The lowest BCUT2D eigenvalue weighted by Crippen LogP contribution is -2.01. The van der Waals surface area contributed by atoms with Crippen LogP contribution in [0, 0.1) is 5.92 Å². The van der Waals surface area contributed by atoms with E-state index in [1.807, 2.05) is 18.2 Å². The molecule has 3 rings (SSSR count). The Hall–Kier alpha value is -1.31. The fourth-order valence-corrected chi connectivity index (χ4v) is 1.92. The number of carbonyl (C=O) groups excluding carboxylic acids is 1. The number of benzene rings is 1. The lowest BCUT2D eigenvalue weighted by Gasteiger charge is -2.01. The minimum Gasteiger partial charge on any atom is -0.493 e. The smallest absolute Gasteiger partial charge is 0.165 e. The van der Waals surface area contributed by atoms with Crippen LogP contribution in [-0.2, 0) is 6.42 Å². The molecule has 1 aromatic carbocycles. The molecule has 2 nitrogen and oxygen atoms in total. The fraction of sp³-hybridized carbons (Fsp3) is 0.417. The molecule has 72 valence electrons. The molecule has 1 saturated carbocycles. The summed E-state index contributed by atoms with van der Waals surface area (Å²) >= 11 is 0. The molecule has 0 bridgehead atoms. The van der Waals surface area contributed by atoms with Crippen LogP contribution >= 0.6 is 0 Å². The van der Waals surface area contributed by atoms with Crippen LogP contribution in [0.3, 0.4) is 0 Å². The number of fused-ring (bicyclic) bond motifs is 1. The molecule has 0 amide bonds. The Morgan fingerprint density at radius 1 is 1.36 bits per heavy atom. The van der Waals surface area contributed by atoms with Crippen molar-refractivity contribution in [2.75, 3.05) is 6.61 Å². The van der Waals surface area contributed by atoms with Crippen LogP contribution in [0.5, 0.6) is 5.75 Å². The summed E-state index contributed by atoms with van der Waals surface area (Å²) in [4.78, 5) is 11.8. The van der Waals surface area contributed by atoms with Crippen molar-refractivity contribution in [3.8, 4) is 5.75 Å². The molecule has 0 spiro atoms. The van der Waals surface area contributed by atoms with Crippen LogP contribution in [0.15, 0.2) is 18.2 Å². The predicted octanol–water partition coefficient (Wildman–Crippen LogP) is 2.21. The largest absolute Gasteiger partial charge is 0.493 e. The zero-order chi connectivity index (χ0) is 9.54. The Morgan fingerprint density at radius 2 is 2.21 bits per heavy atom. The molecule has 2 aliphatic rings. The van der Waals surface area contributed by atoms with Crippen LogP contribution in [-0.4, -0.2) is 12.4 Å². The highest BCUT2D eigenvalue weighted by atomic mass is 16.5. The van der Waals surface area contributed by atoms with Crippen LogP contribution < -0.4 is 4.74 Å². The highest BCUT2D eigenvalue weighted by molar-refractivity contribution is 5.99. The van der Waals surface area contributed by atoms with Crippen LogP contribution in [0.4, 0.5) is 0 Å². The SMILES string of the molecule is O=C(c1ccc2c(c1)CCO2)C1CC1. The normalized spacial score (nSPS) is 18.9. The van der Waals surface area contributed by atoms with Crippen molar-refractivity contribution < 1.29 is 9.53 Å². The molecule has 0 radical (unpaired) electrons. The summed E-state index contributed by atoms with van der Waals surface area (Å²) in [7, 11) is 0. The Labute approximate surface area is 82.9 Å². The fourth-order valence-electron chi connectivity index (χ4n) is 1.92.